The molecular formula is C15H21N5O. The van der Waals surface area contributed by atoms with Gasteiger partial charge in [0.2, 0.25) is 0 Å². The van der Waals surface area contributed by atoms with Crippen LogP contribution in [-0.4, -0.2) is 51.1 Å². The molecule has 0 bridgehead atoms. The maximum Gasteiger partial charge on any atom is 0.251 e. The summed E-state index contributed by atoms with van der Waals surface area (Å²) in [6.45, 7) is 6.43. The van der Waals surface area contributed by atoms with Crippen LogP contribution >= 0.6 is 0 Å². The molecule has 2 aromatic heterocycles. The normalized spacial score (nSPS) is 11.1. The molecule has 6 nitrogen and oxygen atoms in total. The molecule has 2 heterocycles. The van der Waals surface area contributed by atoms with Gasteiger partial charge in [-0.05, 0) is 40.9 Å². The topological polar surface area (TPSA) is 63.9 Å². The number of carbonyl (C=O) groups excluding carboxylic acids is 1. The van der Waals surface area contributed by atoms with Gasteiger partial charge in [-0.3, -0.25) is 4.79 Å². The maximum atomic E-state index is 12.2. The molecule has 0 N–H and O–H groups in total. The van der Waals surface area contributed by atoms with E-state index in [0.717, 1.165) is 23.6 Å². The van der Waals surface area contributed by atoms with Crippen LogP contribution in [0.25, 0.3) is 5.95 Å². The van der Waals surface area contributed by atoms with E-state index in [1.165, 1.54) is 0 Å². The van der Waals surface area contributed by atoms with E-state index in [0.29, 0.717) is 17.9 Å². The number of ketones is 1. The summed E-state index contributed by atoms with van der Waals surface area (Å²) in [5.41, 5.74) is 3.18. The summed E-state index contributed by atoms with van der Waals surface area (Å²) in [7, 11) is 3.90. The minimum atomic E-state index is 0.0943. The molecule has 0 saturated heterocycles. The van der Waals surface area contributed by atoms with Crippen LogP contribution in [0.5, 0.6) is 0 Å². The molecule has 2 rings (SSSR count). The zero-order valence-corrected chi connectivity index (χ0v) is 13.2. The predicted octanol–water partition coefficient (Wildman–Crippen LogP) is 1.72. The quantitative estimate of drug-likeness (QED) is 0.784. The SMILES string of the molecule is Cc1cc(C)nc(-n2ncc(C(=O)CCN(C)C)c2C)n1. The number of nitrogens with zero attached hydrogens (tertiary/aromatic N) is 5. The van der Waals surface area contributed by atoms with Crippen LogP contribution in [0.4, 0.5) is 0 Å². The average Bonchev–Trinajstić information content (AvgIpc) is 2.76. The first-order valence-electron chi connectivity index (χ1n) is 6.93. The summed E-state index contributed by atoms with van der Waals surface area (Å²) >= 11 is 0. The molecule has 21 heavy (non-hydrogen) atoms. The van der Waals surface area contributed by atoms with Gasteiger partial charge in [-0.2, -0.15) is 5.10 Å². The first-order valence-corrected chi connectivity index (χ1v) is 6.93. The van der Waals surface area contributed by atoms with Gasteiger partial charge in [-0.1, -0.05) is 0 Å². The molecule has 0 radical (unpaired) electrons. The summed E-state index contributed by atoms with van der Waals surface area (Å²) in [6.07, 6.45) is 2.08. The van der Waals surface area contributed by atoms with Crippen molar-refractivity contribution in [2.24, 2.45) is 0 Å². The second-order valence-corrected chi connectivity index (χ2v) is 5.48. The summed E-state index contributed by atoms with van der Waals surface area (Å²) in [6, 6.07) is 1.91. The second-order valence-electron chi connectivity index (χ2n) is 5.48. The third kappa shape index (κ3) is 3.52. The van der Waals surface area contributed by atoms with Crippen LogP contribution in [0.2, 0.25) is 0 Å². The fourth-order valence-electron chi connectivity index (χ4n) is 2.15. The van der Waals surface area contributed by atoms with Crippen LogP contribution in [0.1, 0.15) is 33.9 Å². The van der Waals surface area contributed by atoms with Crippen molar-refractivity contribution in [2.75, 3.05) is 20.6 Å². The molecule has 0 saturated carbocycles. The summed E-state index contributed by atoms with van der Waals surface area (Å²) < 4.78 is 1.63. The van der Waals surface area contributed by atoms with Crippen LogP contribution < -0.4 is 0 Å². The van der Waals surface area contributed by atoms with Crippen molar-refractivity contribution < 1.29 is 4.79 Å². The van der Waals surface area contributed by atoms with Crippen molar-refractivity contribution in [3.8, 4) is 5.95 Å². The van der Waals surface area contributed by atoms with Crippen molar-refractivity contribution in [3.63, 3.8) is 0 Å². The number of hydrogen-bond donors (Lipinski definition) is 0. The number of hydrogen-bond acceptors (Lipinski definition) is 5. The third-order valence-corrected chi connectivity index (χ3v) is 3.26. The van der Waals surface area contributed by atoms with Crippen LogP contribution in [-0.2, 0) is 0 Å². The smallest absolute Gasteiger partial charge is 0.251 e. The van der Waals surface area contributed by atoms with Gasteiger partial charge in [0.05, 0.1) is 17.5 Å². The molecule has 0 amide bonds. The Morgan fingerprint density at radius 1 is 1.19 bits per heavy atom. The Kier molecular flexibility index (Phi) is 4.47. The van der Waals surface area contributed by atoms with Crippen molar-refractivity contribution >= 4 is 5.78 Å². The highest BCUT2D eigenvalue weighted by atomic mass is 16.1. The van der Waals surface area contributed by atoms with E-state index in [4.69, 9.17) is 0 Å². The molecule has 0 unspecified atom stereocenters. The number of aryl methyl sites for hydroxylation is 2. The molecule has 0 aromatic carbocycles. The van der Waals surface area contributed by atoms with Crippen LogP contribution in [0, 0.1) is 20.8 Å². The van der Waals surface area contributed by atoms with Crippen molar-refractivity contribution in [3.05, 3.63) is 34.9 Å². The van der Waals surface area contributed by atoms with Gasteiger partial charge < -0.3 is 4.90 Å². The van der Waals surface area contributed by atoms with Gasteiger partial charge >= 0.3 is 0 Å². The van der Waals surface area contributed by atoms with Gasteiger partial charge in [0.25, 0.3) is 5.95 Å². The fourth-order valence-corrected chi connectivity index (χ4v) is 2.15. The fraction of sp³-hybridized carbons (Fsp3) is 0.467. The monoisotopic (exact) mass is 287 g/mol. The van der Waals surface area contributed by atoms with E-state index in [2.05, 4.69) is 15.1 Å². The number of carbonyl (C=O) groups is 1. The highest BCUT2D eigenvalue weighted by molar-refractivity contribution is 5.97. The van der Waals surface area contributed by atoms with E-state index in [1.54, 1.807) is 10.9 Å². The first-order chi connectivity index (χ1) is 9.88. The summed E-state index contributed by atoms with van der Waals surface area (Å²) in [4.78, 5) is 23.0. The van der Waals surface area contributed by atoms with E-state index in [-0.39, 0.29) is 5.78 Å². The van der Waals surface area contributed by atoms with Crippen molar-refractivity contribution in [1.82, 2.24) is 24.6 Å². The van der Waals surface area contributed by atoms with Gasteiger partial charge in [0, 0.05) is 24.4 Å². The maximum absolute atomic E-state index is 12.2. The first kappa shape index (κ1) is 15.3. The minimum absolute atomic E-state index is 0.0943. The van der Waals surface area contributed by atoms with Gasteiger partial charge in [-0.25, -0.2) is 14.6 Å². The molecule has 2 aromatic rings. The lowest BCUT2D eigenvalue weighted by atomic mass is 10.1. The number of aromatic nitrogens is 4. The van der Waals surface area contributed by atoms with Crippen molar-refractivity contribution in [2.45, 2.75) is 27.2 Å². The standard InChI is InChI=1S/C15H21N5O/c1-10-8-11(2)18-15(17-10)20-12(3)13(9-16-20)14(21)6-7-19(4)5/h8-9H,6-7H2,1-5H3. The zero-order chi connectivity index (χ0) is 15.6. The lowest BCUT2D eigenvalue weighted by Gasteiger charge is -2.08. The molecule has 112 valence electrons. The molecule has 0 atom stereocenters. The molecule has 0 spiro atoms. The summed E-state index contributed by atoms with van der Waals surface area (Å²) in [5.74, 6) is 0.605. The van der Waals surface area contributed by atoms with Gasteiger partial charge in [0.1, 0.15) is 0 Å². The minimum Gasteiger partial charge on any atom is -0.309 e. The van der Waals surface area contributed by atoms with Crippen molar-refractivity contribution in [1.29, 1.82) is 0 Å². The average molecular weight is 287 g/mol. The molecule has 0 aliphatic carbocycles. The van der Waals surface area contributed by atoms with Crippen LogP contribution in [0.3, 0.4) is 0 Å². The van der Waals surface area contributed by atoms with E-state index >= 15 is 0 Å². The molecule has 0 fully saturated rings. The Bertz CT molecular complexity index is 640. The number of Topliss-reactive ketones (excluding diaryl/α,β-unsaturated/α-hetero) is 1. The Morgan fingerprint density at radius 2 is 1.81 bits per heavy atom. The molecule has 0 aliphatic heterocycles. The van der Waals surface area contributed by atoms with E-state index < -0.39 is 0 Å². The lowest BCUT2D eigenvalue weighted by molar-refractivity contribution is 0.0972. The second kappa shape index (κ2) is 6.13. The Labute approximate surface area is 124 Å². The summed E-state index contributed by atoms with van der Waals surface area (Å²) in [5, 5.41) is 4.27. The largest absolute Gasteiger partial charge is 0.309 e. The Morgan fingerprint density at radius 3 is 2.38 bits per heavy atom. The van der Waals surface area contributed by atoms with Gasteiger partial charge in [-0.15, -0.1) is 0 Å². The molecular weight excluding hydrogens is 266 g/mol. The third-order valence-electron chi connectivity index (χ3n) is 3.26. The molecule has 6 heteroatoms. The van der Waals surface area contributed by atoms with E-state index in [9.17, 15) is 4.79 Å². The highest BCUT2D eigenvalue weighted by Gasteiger charge is 2.16. The lowest BCUT2D eigenvalue weighted by Crippen LogP contribution is -2.17. The van der Waals surface area contributed by atoms with E-state index in [1.807, 2.05) is 45.8 Å². The Hall–Kier alpha value is -2.08. The zero-order valence-electron chi connectivity index (χ0n) is 13.2. The Balaban J connectivity index is 2.30. The highest BCUT2D eigenvalue weighted by Crippen LogP contribution is 2.14. The van der Waals surface area contributed by atoms with Gasteiger partial charge in [0.15, 0.2) is 5.78 Å². The molecule has 0 aliphatic rings. The predicted molar refractivity (Wildman–Crippen MR) is 80.9 cm³/mol. The van der Waals surface area contributed by atoms with Crippen LogP contribution in [0.15, 0.2) is 12.3 Å². The number of rotatable bonds is 5.